The number of likely N-dealkylation sites (tertiary alicyclic amines) is 1. The molecule has 0 atom stereocenters. The zero-order chi connectivity index (χ0) is 17.9. The highest BCUT2D eigenvalue weighted by atomic mass is 32.1. The van der Waals surface area contributed by atoms with Gasteiger partial charge in [-0.05, 0) is 44.3 Å². The van der Waals surface area contributed by atoms with Gasteiger partial charge >= 0.3 is 0 Å². The quantitative estimate of drug-likeness (QED) is 0.688. The second kappa shape index (κ2) is 7.55. The Morgan fingerprint density at radius 1 is 1.19 bits per heavy atom. The Labute approximate surface area is 156 Å². The van der Waals surface area contributed by atoms with Gasteiger partial charge in [-0.3, -0.25) is 4.79 Å². The Morgan fingerprint density at radius 3 is 2.73 bits per heavy atom. The van der Waals surface area contributed by atoms with Crippen LogP contribution in [-0.2, 0) is 6.54 Å². The highest BCUT2D eigenvalue weighted by molar-refractivity contribution is 7.13. The van der Waals surface area contributed by atoms with Crippen molar-refractivity contribution in [2.24, 2.45) is 0 Å². The van der Waals surface area contributed by atoms with E-state index < -0.39 is 0 Å². The van der Waals surface area contributed by atoms with Crippen LogP contribution in [0.2, 0.25) is 0 Å². The summed E-state index contributed by atoms with van der Waals surface area (Å²) in [4.78, 5) is 16.1. The van der Waals surface area contributed by atoms with E-state index in [4.69, 9.17) is 4.52 Å². The van der Waals surface area contributed by atoms with E-state index in [1.165, 1.54) is 19.3 Å². The third-order valence-corrected chi connectivity index (χ3v) is 5.60. The lowest BCUT2D eigenvalue weighted by atomic mass is 10.1. The van der Waals surface area contributed by atoms with E-state index in [0.717, 1.165) is 35.9 Å². The summed E-state index contributed by atoms with van der Waals surface area (Å²) in [5.41, 5.74) is 2.15. The van der Waals surface area contributed by atoms with Gasteiger partial charge < -0.3 is 9.42 Å². The van der Waals surface area contributed by atoms with Gasteiger partial charge in [-0.2, -0.15) is 5.10 Å². The minimum absolute atomic E-state index is 0.105. The van der Waals surface area contributed by atoms with Crippen LogP contribution in [0.5, 0.6) is 0 Å². The van der Waals surface area contributed by atoms with Crippen molar-refractivity contribution in [3.8, 4) is 21.9 Å². The van der Waals surface area contributed by atoms with Crippen molar-refractivity contribution in [1.29, 1.82) is 0 Å². The Hall–Kier alpha value is -2.25. The molecule has 0 aliphatic carbocycles. The van der Waals surface area contributed by atoms with Gasteiger partial charge in [0.05, 0.1) is 22.7 Å². The third kappa shape index (κ3) is 3.64. The zero-order valence-electron chi connectivity index (χ0n) is 14.9. The predicted octanol–water partition coefficient (Wildman–Crippen LogP) is 3.42. The fourth-order valence-corrected chi connectivity index (χ4v) is 4.07. The largest absolute Gasteiger partial charge is 0.356 e. The van der Waals surface area contributed by atoms with Crippen LogP contribution in [0.1, 0.15) is 25.0 Å². The van der Waals surface area contributed by atoms with Crippen molar-refractivity contribution in [3.63, 3.8) is 0 Å². The standard InChI is InChI=1S/C19H22N4O2S/c1-14-12-16(25-21-14)15-13-18(24)23(10-9-22-7-3-2-4-8-22)20-19(15)17-6-5-11-26-17/h5-6,11-13H,2-4,7-10H2,1H3. The number of hydrogen-bond donors (Lipinski definition) is 0. The molecule has 1 saturated heterocycles. The molecule has 0 unspecified atom stereocenters. The molecule has 3 aromatic rings. The van der Waals surface area contributed by atoms with Crippen molar-refractivity contribution < 1.29 is 4.52 Å². The van der Waals surface area contributed by atoms with Gasteiger partial charge in [-0.1, -0.05) is 17.6 Å². The molecule has 1 aliphatic heterocycles. The molecule has 0 radical (unpaired) electrons. The maximum Gasteiger partial charge on any atom is 0.267 e. The monoisotopic (exact) mass is 370 g/mol. The predicted molar refractivity (Wildman–Crippen MR) is 102 cm³/mol. The Kier molecular flexibility index (Phi) is 4.99. The third-order valence-electron chi connectivity index (χ3n) is 4.72. The van der Waals surface area contributed by atoms with Gasteiger partial charge in [0, 0.05) is 18.7 Å². The van der Waals surface area contributed by atoms with Gasteiger partial charge in [-0.15, -0.1) is 11.3 Å². The molecule has 0 saturated carbocycles. The van der Waals surface area contributed by atoms with Crippen molar-refractivity contribution in [2.45, 2.75) is 32.7 Å². The summed E-state index contributed by atoms with van der Waals surface area (Å²) in [5, 5.41) is 10.6. The fourth-order valence-electron chi connectivity index (χ4n) is 3.34. The molecule has 4 heterocycles. The first-order valence-corrected chi connectivity index (χ1v) is 9.91. The molecular weight excluding hydrogens is 348 g/mol. The average molecular weight is 370 g/mol. The topological polar surface area (TPSA) is 64.2 Å². The van der Waals surface area contributed by atoms with E-state index in [9.17, 15) is 4.79 Å². The molecule has 136 valence electrons. The number of thiophene rings is 1. The number of hydrogen-bond acceptors (Lipinski definition) is 6. The van der Waals surface area contributed by atoms with E-state index in [2.05, 4.69) is 15.2 Å². The lowest BCUT2D eigenvalue weighted by Gasteiger charge is -2.26. The van der Waals surface area contributed by atoms with Crippen LogP contribution in [-0.4, -0.2) is 39.5 Å². The molecule has 3 aromatic heterocycles. The average Bonchev–Trinajstić information content (AvgIpc) is 3.33. The Bertz CT molecular complexity index is 923. The summed E-state index contributed by atoms with van der Waals surface area (Å²) in [5.74, 6) is 0.582. The molecule has 0 amide bonds. The molecular formula is C19H22N4O2S. The summed E-state index contributed by atoms with van der Waals surface area (Å²) >= 11 is 1.60. The Balaban J connectivity index is 1.68. The summed E-state index contributed by atoms with van der Waals surface area (Å²) < 4.78 is 6.98. The van der Waals surface area contributed by atoms with Gasteiger partial charge in [-0.25, -0.2) is 4.68 Å². The van der Waals surface area contributed by atoms with Crippen LogP contribution in [0.4, 0.5) is 0 Å². The van der Waals surface area contributed by atoms with Crippen molar-refractivity contribution in [3.05, 3.63) is 45.7 Å². The number of aryl methyl sites for hydroxylation is 1. The molecule has 0 bridgehead atoms. The van der Waals surface area contributed by atoms with Crippen LogP contribution >= 0.6 is 11.3 Å². The first-order valence-electron chi connectivity index (χ1n) is 9.03. The van der Waals surface area contributed by atoms with E-state index in [1.807, 2.05) is 30.5 Å². The zero-order valence-corrected chi connectivity index (χ0v) is 15.7. The van der Waals surface area contributed by atoms with Crippen LogP contribution in [0.25, 0.3) is 21.9 Å². The summed E-state index contributed by atoms with van der Waals surface area (Å²) in [6.07, 6.45) is 3.79. The molecule has 0 N–H and O–H groups in total. The summed E-state index contributed by atoms with van der Waals surface area (Å²) in [7, 11) is 0. The van der Waals surface area contributed by atoms with Gasteiger partial charge in [0.2, 0.25) is 0 Å². The first kappa shape index (κ1) is 17.2. The minimum atomic E-state index is -0.105. The van der Waals surface area contributed by atoms with E-state index in [0.29, 0.717) is 17.9 Å². The maximum atomic E-state index is 12.6. The molecule has 1 fully saturated rings. The van der Waals surface area contributed by atoms with E-state index in [-0.39, 0.29) is 5.56 Å². The number of nitrogens with zero attached hydrogens (tertiary/aromatic N) is 4. The number of aromatic nitrogens is 3. The second-order valence-electron chi connectivity index (χ2n) is 6.68. The van der Waals surface area contributed by atoms with Crippen molar-refractivity contribution >= 4 is 11.3 Å². The lowest BCUT2D eigenvalue weighted by molar-refractivity contribution is 0.216. The highest BCUT2D eigenvalue weighted by Gasteiger charge is 2.18. The van der Waals surface area contributed by atoms with Crippen LogP contribution < -0.4 is 5.56 Å². The molecule has 6 nitrogen and oxygen atoms in total. The highest BCUT2D eigenvalue weighted by Crippen LogP contribution is 2.32. The van der Waals surface area contributed by atoms with Crippen molar-refractivity contribution in [1.82, 2.24) is 19.8 Å². The van der Waals surface area contributed by atoms with Gasteiger partial charge in [0.15, 0.2) is 5.76 Å². The van der Waals surface area contributed by atoms with Crippen LogP contribution in [0.3, 0.4) is 0 Å². The van der Waals surface area contributed by atoms with Crippen molar-refractivity contribution in [2.75, 3.05) is 19.6 Å². The molecule has 4 rings (SSSR count). The SMILES string of the molecule is Cc1cc(-c2cc(=O)n(CCN3CCCCC3)nc2-c2cccs2)on1. The number of piperidine rings is 1. The van der Waals surface area contributed by atoms with Crippen LogP contribution in [0, 0.1) is 6.92 Å². The van der Waals surface area contributed by atoms with Gasteiger partial charge in [0.1, 0.15) is 5.69 Å². The van der Waals surface area contributed by atoms with Crippen LogP contribution in [0.15, 0.2) is 39.0 Å². The second-order valence-corrected chi connectivity index (χ2v) is 7.63. The van der Waals surface area contributed by atoms with E-state index >= 15 is 0 Å². The fraction of sp³-hybridized carbons (Fsp3) is 0.421. The van der Waals surface area contributed by atoms with E-state index in [1.54, 1.807) is 22.1 Å². The molecule has 0 spiro atoms. The minimum Gasteiger partial charge on any atom is -0.356 e. The maximum absolute atomic E-state index is 12.6. The molecule has 0 aromatic carbocycles. The lowest BCUT2D eigenvalue weighted by Crippen LogP contribution is -2.35. The Morgan fingerprint density at radius 2 is 2.04 bits per heavy atom. The number of rotatable bonds is 5. The first-order chi connectivity index (χ1) is 12.7. The summed E-state index contributed by atoms with van der Waals surface area (Å²) in [6.45, 7) is 5.56. The normalized spacial score (nSPS) is 15.4. The molecule has 1 aliphatic rings. The summed E-state index contributed by atoms with van der Waals surface area (Å²) in [6, 6.07) is 7.46. The smallest absolute Gasteiger partial charge is 0.267 e. The molecule has 7 heteroatoms. The molecule has 26 heavy (non-hydrogen) atoms. The van der Waals surface area contributed by atoms with Gasteiger partial charge in [0.25, 0.3) is 5.56 Å².